The molecule has 0 saturated carbocycles. The van der Waals surface area contributed by atoms with E-state index in [1.54, 1.807) is 16.9 Å². The number of pyridine rings is 1. The van der Waals surface area contributed by atoms with Gasteiger partial charge in [0.2, 0.25) is 5.88 Å². The number of hydrogen-bond acceptors (Lipinski definition) is 6. The number of nitrogens with one attached hydrogen (secondary N) is 1. The number of ether oxygens (including phenoxy) is 2. The average Bonchev–Trinajstić information content (AvgIpc) is 3.53. The molecule has 1 N–H and O–H groups in total. The maximum atomic E-state index is 12.9. The summed E-state index contributed by atoms with van der Waals surface area (Å²) in [6, 6.07) is 6.10. The number of carbonyl (C=O) groups is 1. The lowest BCUT2D eigenvalue weighted by Gasteiger charge is -2.12. The van der Waals surface area contributed by atoms with E-state index in [2.05, 4.69) is 31.9 Å². The van der Waals surface area contributed by atoms with Gasteiger partial charge in [-0.1, -0.05) is 6.07 Å². The molecule has 3 aromatic heterocycles. The van der Waals surface area contributed by atoms with Crippen LogP contribution in [0, 0.1) is 0 Å². The van der Waals surface area contributed by atoms with Gasteiger partial charge in [0.15, 0.2) is 0 Å². The van der Waals surface area contributed by atoms with Crippen molar-refractivity contribution >= 4 is 11.7 Å². The van der Waals surface area contributed by atoms with Gasteiger partial charge in [-0.15, -0.1) is 5.10 Å². The lowest BCUT2D eigenvalue weighted by Crippen LogP contribution is -2.14. The van der Waals surface area contributed by atoms with Crippen LogP contribution in [0.4, 0.5) is 5.82 Å². The number of methoxy groups -OCH3 is 1. The standard InChI is InChI=1S/C21H24N6O3/c1-13-6-7-19-22-10-17(27(13)19)16-4-3-5-18(23-16)24-20(28)15-11-26(25-21(15)29-2)14-8-9-30-12-14/h3-5,10-11,13-14H,6-9,12H2,1-2H3,(H,23,24,28)/t13-,14+/m0/s1. The van der Waals surface area contributed by atoms with Crippen LogP contribution in [-0.2, 0) is 11.2 Å². The van der Waals surface area contributed by atoms with E-state index >= 15 is 0 Å². The second kappa shape index (κ2) is 7.56. The first kappa shape index (κ1) is 18.8. The van der Waals surface area contributed by atoms with Crippen molar-refractivity contribution in [1.29, 1.82) is 0 Å². The van der Waals surface area contributed by atoms with Gasteiger partial charge in [-0.3, -0.25) is 9.48 Å². The summed E-state index contributed by atoms with van der Waals surface area (Å²) in [4.78, 5) is 22.1. The van der Waals surface area contributed by atoms with Crippen LogP contribution >= 0.6 is 0 Å². The van der Waals surface area contributed by atoms with E-state index in [4.69, 9.17) is 9.47 Å². The molecular formula is C21H24N6O3. The van der Waals surface area contributed by atoms with Gasteiger partial charge in [0, 0.05) is 25.3 Å². The third-order valence-corrected chi connectivity index (χ3v) is 5.77. The number of imidazole rings is 1. The Balaban J connectivity index is 1.39. The third kappa shape index (κ3) is 3.24. The molecule has 156 valence electrons. The number of aryl methyl sites for hydroxylation is 1. The molecule has 0 aromatic carbocycles. The van der Waals surface area contributed by atoms with E-state index in [1.807, 2.05) is 18.3 Å². The van der Waals surface area contributed by atoms with Gasteiger partial charge in [0.25, 0.3) is 5.91 Å². The molecule has 1 fully saturated rings. The lowest BCUT2D eigenvalue weighted by molar-refractivity contribution is 0.102. The molecule has 5 heterocycles. The fourth-order valence-electron chi connectivity index (χ4n) is 4.16. The zero-order valence-corrected chi connectivity index (χ0v) is 17.0. The van der Waals surface area contributed by atoms with Crippen LogP contribution in [0.1, 0.15) is 48.0 Å². The second-order valence-corrected chi connectivity index (χ2v) is 7.73. The predicted octanol–water partition coefficient (Wildman–Crippen LogP) is 2.87. The summed E-state index contributed by atoms with van der Waals surface area (Å²) in [6.45, 7) is 3.47. The van der Waals surface area contributed by atoms with Crippen molar-refractivity contribution in [3.8, 4) is 17.3 Å². The van der Waals surface area contributed by atoms with E-state index in [-0.39, 0.29) is 17.8 Å². The first-order chi connectivity index (χ1) is 14.6. The van der Waals surface area contributed by atoms with Crippen LogP contribution in [0.3, 0.4) is 0 Å². The van der Waals surface area contributed by atoms with E-state index < -0.39 is 0 Å². The summed E-state index contributed by atoms with van der Waals surface area (Å²) in [7, 11) is 1.51. The van der Waals surface area contributed by atoms with Gasteiger partial charge < -0.3 is 19.4 Å². The molecule has 0 bridgehead atoms. The van der Waals surface area contributed by atoms with E-state index in [9.17, 15) is 4.79 Å². The van der Waals surface area contributed by atoms with E-state index in [1.165, 1.54) is 7.11 Å². The van der Waals surface area contributed by atoms with Gasteiger partial charge in [-0.05, 0) is 31.9 Å². The number of aromatic nitrogens is 5. The minimum absolute atomic E-state index is 0.118. The van der Waals surface area contributed by atoms with Crippen molar-refractivity contribution in [2.75, 3.05) is 25.6 Å². The Bertz CT molecular complexity index is 1080. The molecule has 30 heavy (non-hydrogen) atoms. The fraction of sp³-hybridized carbons (Fsp3) is 0.429. The zero-order valence-electron chi connectivity index (χ0n) is 17.0. The van der Waals surface area contributed by atoms with Crippen molar-refractivity contribution in [2.24, 2.45) is 0 Å². The average molecular weight is 408 g/mol. The topological polar surface area (TPSA) is 96.1 Å². The minimum Gasteiger partial charge on any atom is -0.479 e. The molecule has 0 radical (unpaired) electrons. The first-order valence-corrected chi connectivity index (χ1v) is 10.2. The van der Waals surface area contributed by atoms with Crippen molar-refractivity contribution < 1.29 is 14.3 Å². The highest BCUT2D eigenvalue weighted by atomic mass is 16.5. The first-order valence-electron chi connectivity index (χ1n) is 10.2. The molecule has 2 aliphatic heterocycles. The van der Waals surface area contributed by atoms with Crippen molar-refractivity contribution in [1.82, 2.24) is 24.3 Å². The summed E-state index contributed by atoms with van der Waals surface area (Å²) in [5.41, 5.74) is 2.12. The highest BCUT2D eigenvalue weighted by Crippen LogP contribution is 2.32. The number of amides is 1. The smallest absolute Gasteiger partial charge is 0.263 e. The Morgan fingerprint density at radius 3 is 3.03 bits per heavy atom. The summed E-state index contributed by atoms with van der Waals surface area (Å²) in [6.07, 6.45) is 6.50. The molecule has 2 atom stereocenters. The molecule has 9 nitrogen and oxygen atoms in total. The van der Waals surface area contributed by atoms with Crippen LogP contribution < -0.4 is 10.1 Å². The zero-order chi connectivity index (χ0) is 20.7. The number of fused-ring (bicyclic) bond motifs is 1. The van der Waals surface area contributed by atoms with Gasteiger partial charge in [0.05, 0.1) is 37.3 Å². The molecular weight excluding hydrogens is 384 g/mol. The van der Waals surface area contributed by atoms with E-state index in [0.29, 0.717) is 30.6 Å². The highest BCUT2D eigenvalue weighted by molar-refractivity contribution is 6.05. The van der Waals surface area contributed by atoms with Gasteiger partial charge >= 0.3 is 0 Å². The number of nitrogens with zero attached hydrogens (tertiary/aromatic N) is 5. The largest absolute Gasteiger partial charge is 0.479 e. The Labute approximate surface area is 174 Å². The predicted molar refractivity (Wildman–Crippen MR) is 110 cm³/mol. The Morgan fingerprint density at radius 1 is 1.33 bits per heavy atom. The lowest BCUT2D eigenvalue weighted by atomic mass is 10.2. The normalized spacial score (nSPS) is 20.3. The van der Waals surface area contributed by atoms with Crippen molar-refractivity contribution in [3.05, 3.63) is 42.0 Å². The molecule has 0 unspecified atom stereocenters. The summed E-state index contributed by atoms with van der Waals surface area (Å²) < 4.78 is 14.7. The molecule has 0 spiro atoms. The van der Waals surface area contributed by atoms with Gasteiger partial charge in [0.1, 0.15) is 17.2 Å². The molecule has 5 rings (SSSR count). The quantitative estimate of drug-likeness (QED) is 0.697. The molecule has 2 aliphatic rings. The Kier molecular flexibility index (Phi) is 4.74. The van der Waals surface area contributed by atoms with Crippen molar-refractivity contribution in [3.63, 3.8) is 0 Å². The summed E-state index contributed by atoms with van der Waals surface area (Å²) in [5, 5.41) is 7.27. The monoisotopic (exact) mass is 408 g/mol. The van der Waals surface area contributed by atoms with Crippen LogP contribution in [0.15, 0.2) is 30.6 Å². The SMILES string of the molecule is COc1nn([C@@H]2CCOC2)cc1C(=O)Nc1cccc(-c2cnc3n2[C@@H](C)CC3)n1. The van der Waals surface area contributed by atoms with Gasteiger partial charge in [-0.25, -0.2) is 9.97 Å². The fourth-order valence-corrected chi connectivity index (χ4v) is 4.16. The number of rotatable bonds is 5. The van der Waals surface area contributed by atoms with E-state index in [0.717, 1.165) is 36.5 Å². The van der Waals surface area contributed by atoms with Gasteiger partial charge in [-0.2, -0.15) is 0 Å². The minimum atomic E-state index is -0.312. The van der Waals surface area contributed by atoms with Crippen LogP contribution in [0.25, 0.3) is 11.4 Å². The van der Waals surface area contributed by atoms with Crippen LogP contribution in [-0.4, -0.2) is 50.5 Å². The third-order valence-electron chi connectivity index (χ3n) is 5.77. The maximum Gasteiger partial charge on any atom is 0.263 e. The number of anilines is 1. The Morgan fingerprint density at radius 2 is 2.23 bits per heavy atom. The Hall–Kier alpha value is -3.20. The number of carbonyl (C=O) groups excluding carboxylic acids is 1. The second-order valence-electron chi connectivity index (χ2n) is 7.73. The van der Waals surface area contributed by atoms with Crippen LogP contribution in [0.5, 0.6) is 5.88 Å². The summed E-state index contributed by atoms with van der Waals surface area (Å²) in [5.74, 6) is 1.53. The van der Waals surface area contributed by atoms with Crippen molar-refractivity contribution in [2.45, 2.75) is 38.3 Å². The molecule has 1 saturated heterocycles. The molecule has 0 aliphatic carbocycles. The molecule has 9 heteroatoms. The molecule has 1 amide bonds. The summed E-state index contributed by atoms with van der Waals surface area (Å²) >= 11 is 0. The van der Waals surface area contributed by atoms with Crippen LogP contribution in [0.2, 0.25) is 0 Å². The highest BCUT2D eigenvalue weighted by Gasteiger charge is 2.25. The maximum absolute atomic E-state index is 12.9. The molecule has 3 aromatic rings. The number of hydrogen-bond donors (Lipinski definition) is 1.